The van der Waals surface area contributed by atoms with Crippen molar-refractivity contribution in [2.24, 2.45) is 0 Å². The lowest BCUT2D eigenvalue weighted by atomic mass is 9.92. The molecule has 0 bridgehead atoms. The first-order valence-corrected chi connectivity index (χ1v) is 21.1. The largest absolute Gasteiger partial charge is 0.309 e. The summed E-state index contributed by atoms with van der Waals surface area (Å²) in [6.45, 7) is 0. The van der Waals surface area contributed by atoms with Crippen LogP contribution in [0.15, 0.2) is 194 Å². The molecule has 13 rings (SSSR count). The van der Waals surface area contributed by atoms with E-state index in [0.29, 0.717) is 17.5 Å². The first-order valence-electron chi connectivity index (χ1n) is 20.3. The molecule has 0 aliphatic heterocycles. The molecule has 0 amide bonds. The van der Waals surface area contributed by atoms with Gasteiger partial charge < -0.3 is 4.57 Å². The smallest absolute Gasteiger partial charge is 0.165 e. The number of thiophene rings is 1. The van der Waals surface area contributed by atoms with Crippen LogP contribution in [-0.4, -0.2) is 19.5 Å². The van der Waals surface area contributed by atoms with E-state index in [1.165, 1.54) is 69.6 Å². The molecule has 0 aliphatic carbocycles. The summed E-state index contributed by atoms with van der Waals surface area (Å²) in [6, 6.07) is 69.7. The fourth-order valence-electron chi connectivity index (χ4n) is 9.43. The van der Waals surface area contributed by atoms with Crippen LogP contribution < -0.4 is 0 Å². The maximum atomic E-state index is 5.34. The van der Waals surface area contributed by atoms with E-state index < -0.39 is 0 Å². The molecule has 0 unspecified atom stereocenters. The minimum atomic E-state index is 0.638. The monoisotopic (exact) mass is 780 g/mol. The first kappa shape index (κ1) is 33.3. The molecule has 0 N–H and O–H groups in total. The van der Waals surface area contributed by atoms with Crippen molar-refractivity contribution in [1.29, 1.82) is 0 Å². The Hall–Kier alpha value is -7.73. The highest BCUT2D eigenvalue weighted by Crippen LogP contribution is 2.46. The molecule has 3 heterocycles. The molecule has 0 fully saturated rings. The van der Waals surface area contributed by atoms with Gasteiger partial charge in [-0.05, 0) is 73.8 Å². The second-order valence-electron chi connectivity index (χ2n) is 15.6. The van der Waals surface area contributed by atoms with E-state index in [4.69, 9.17) is 15.0 Å². The summed E-state index contributed by atoms with van der Waals surface area (Å²) in [5, 5.41) is 12.6. The van der Waals surface area contributed by atoms with Gasteiger partial charge in [0.1, 0.15) is 0 Å². The second kappa shape index (κ2) is 12.9. The molecule has 0 radical (unpaired) electrons. The van der Waals surface area contributed by atoms with Crippen molar-refractivity contribution < 1.29 is 0 Å². The van der Waals surface area contributed by atoms with Gasteiger partial charge in [-0.2, -0.15) is 0 Å². The van der Waals surface area contributed by atoms with Gasteiger partial charge in [-0.15, -0.1) is 11.3 Å². The maximum Gasteiger partial charge on any atom is 0.165 e. The summed E-state index contributed by atoms with van der Waals surface area (Å²) < 4.78 is 4.83. The Morgan fingerprint density at radius 2 is 0.950 bits per heavy atom. The second-order valence-corrected chi connectivity index (χ2v) is 16.6. The first-order chi connectivity index (χ1) is 29.7. The summed E-state index contributed by atoms with van der Waals surface area (Å²) in [4.78, 5) is 15.8. The molecule has 5 heteroatoms. The van der Waals surface area contributed by atoms with Crippen molar-refractivity contribution in [2.45, 2.75) is 0 Å². The molecule has 0 aliphatic rings. The quantitative estimate of drug-likeness (QED) is 0.163. The zero-order chi connectivity index (χ0) is 39.3. The van der Waals surface area contributed by atoms with E-state index in [2.05, 4.69) is 174 Å². The predicted molar refractivity (Wildman–Crippen MR) is 253 cm³/mol. The highest BCUT2D eigenvalue weighted by Gasteiger charge is 2.22. The fourth-order valence-corrected chi connectivity index (χ4v) is 10.6. The minimum absolute atomic E-state index is 0.638. The van der Waals surface area contributed by atoms with Crippen LogP contribution in [0.3, 0.4) is 0 Å². The lowest BCUT2D eigenvalue weighted by Gasteiger charge is -2.15. The average Bonchev–Trinajstić information content (AvgIpc) is 3.86. The van der Waals surface area contributed by atoms with Gasteiger partial charge in [0.05, 0.1) is 11.0 Å². The number of fused-ring (bicyclic) bond motifs is 7. The van der Waals surface area contributed by atoms with E-state index in [0.717, 1.165) is 38.2 Å². The third-order valence-corrected chi connectivity index (χ3v) is 13.4. The van der Waals surface area contributed by atoms with Gasteiger partial charge in [-0.3, -0.25) is 0 Å². The van der Waals surface area contributed by atoms with Gasteiger partial charge in [0, 0.05) is 53.3 Å². The van der Waals surface area contributed by atoms with Crippen molar-refractivity contribution >= 4 is 85.6 Å². The number of aromatic nitrogens is 4. The standard InChI is InChI=1S/C55H32N4S/c1-3-12-33(13-4-1)34-22-25-38(26-23-34)54-56-53(37-14-5-2-6-15-37)57-55(58-54)45-32-40(31-44-41-18-8-10-21-48(41)60-52(44)45)59-46-20-9-7-19-42(46)51-43-29-28-36-17-11-16-35-24-27-39(30-47(51)59)50(43)49(35)36/h1-32H. The Morgan fingerprint density at radius 3 is 1.73 bits per heavy atom. The van der Waals surface area contributed by atoms with Gasteiger partial charge in [0.25, 0.3) is 0 Å². The minimum Gasteiger partial charge on any atom is -0.309 e. The molecule has 0 saturated heterocycles. The number of benzene rings is 10. The Balaban J connectivity index is 1.10. The van der Waals surface area contributed by atoms with Crippen LogP contribution in [0.5, 0.6) is 0 Å². The Kier molecular flexibility index (Phi) is 7.14. The van der Waals surface area contributed by atoms with E-state index >= 15 is 0 Å². The lowest BCUT2D eigenvalue weighted by Crippen LogP contribution is -2.01. The normalized spacial score (nSPS) is 12.0. The molecule has 10 aromatic carbocycles. The molecule has 4 nitrogen and oxygen atoms in total. The van der Waals surface area contributed by atoms with Gasteiger partial charge >= 0.3 is 0 Å². The van der Waals surface area contributed by atoms with Crippen molar-refractivity contribution in [2.75, 3.05) is 0 Å². The Labute approximate surface area is 348 Å². The van der Waals surface area contributed by atoms with Crippen LogP contribution in [0.1, 0.15) is 0 Å². The molecule has 13 aromatic rings. The van der Waals surface area contributed by atoms with Crippen molar-refractivity contribution in [3.63, 3.8) is 0 Å². The summed E-state index contributed by atoms with van der Waals surface area (Å²) in [5.41, 5.74) is 8.58. The van der Waals surface area contributed by atoms with E-state index in [1.54, 1.807) is 11.3 Å². The van der Waals surface area contributed by atoms with Crippen LogP contribution in [0, 0.1) is 0 Å². The fraction of sp³-hybridized carbons (Fsp3) is 0. The zero-order valence-corrected chi connectivity index (χ0v) is 33.0. The van der Waals surface area contributed by atoms with Crippen molar-refractivity contribution in [3.8, 4) is 51.0 Å². The van der Waals surface area contributed by atoms with E-state index in [9.17, 15) is 0 Å². The average molecular weight is 781 g/mol. The van der Waals surface area contributed by atoms with Gasteiger partial charge in [0.2, 0.25) is 0 Å². The molecular weight excluding hydrogens is 749 g/mol. The van der Waals surface area contributed by atoms with Crippen LogP contribution >= 0.6 is 11.3 Å². The number of rotatable bonds is 5. The molecule has 60 heavy (non-hydrogen) atoms. The van der Waals surface area contributed by atoms with Gasteiger partial charge in [0.15, 0.2) is 17.5 Å². The Bertz CT molecular complexity index is 3800. The summed E-state index contributed by atoms with van der Waals surface area (Å²) in [5.74, 6) is 1.93. The van der Waals surface area contributed by atoms with Crippen molar-refractivity contribution in [3.05, 3.63) is 194 Å². The molecule has 0 saturated carbocycles. The SMILES string of the molecule is c1ccc(-c2ccc(-c3nc(-c4ccccc4)nc(-c4cc(-n5c6ccccc6c6c7ccc8cccc9ccc(cc65)c7c98)cc5c4sc4ccccc45)n3)cc2)cc1. The highest BCUT2D eigenvalue weighted by molar-refractivity contribution is 7.26. The van der Waals surface area contributed by atoms with Gasteiger partial charge in [-0.1, -0.05) is 164 Å². The number of hydrogen-bond acceptors (Lipinski definition) is 4. The molecule has 3 aromatic heterocycles. The number of para-hydroxylation sites is 1. The van der Waals surface area contributed by atoms with Crippen LogP contribution in [0.25, 0.3) is 125 Å². The van der Waals surface area contributed by atoms with E-state index in [1.807, 2.05) is 24.3 Å². The molecule has 0 atom stereocenters. The number of nitrogens with zero attached hydrogens (tertiary/aromatic N) is 4. The summed E-state index contributed by atoms with van der Waals surface area (Å²) in [6.07, 6.45) is 0. The van der Waals surface area contributed by atoms with Crippen molar-refractivity contribution in [1.82, 2.24) is 19.5 Å². The zero-order valence-electron chi connectivity index (χ0n) is 32.2. The number of hydrogen-bond donors (Lipinski definition) is 0. The topological polar surface area (TPSA) is 43.6 Å². The molecule has 0 spiro atoms. The highest BCUT2D eigenvalue weighted by atomic mass is 32.1. The van der Waals surface area contributed by atoms with E-state index in [-0.39, 0.29) is 0 Å². The molecule has 278 valence electrons. The Morgan fingerprint density at radius 1 is 0.350 bits per heavy atom. The third kappa shape index (κ3) is 5.00. The van der Waals surface area contributed by atoms with Crippen LogP contribution in [-0.2, 0) is 0 Å². The predicted octanol–water partition coefficient (Wildman–Crippen LogP) is 14.9. The summed E-state index contributed by atoms with van der Waals surface area (Å²) >= 11 is 1.80. The van der Waals surface area contributed by atoms with Crippen LogP contribution in [0.4, 0.5) is 0 Å². The summed E-state index contributed by atoms with van der Waals surface area (Å²) in [7, 11) is 0. The maximum absolute atomic E-state index is 5.34. The lowest BCUT2D eigenvalue weighted by molar-refractivity contribution is 1.07. The molecular formula is C55H32N4S. The van der Waals surface area contributed by atoms with Gasteiger partial charge in [-0.25, -0.2) is 15.0 Å². The van der Waals surface area contributed by atoms with Crippen LogP contribution in [0.2, 0.25) is 0 Å². The third-order valence-electron chi connectivity index (χ3n) is 12.2.